The molecule has 2 aromatic rings. The second-order valence-corrected chi connectivity index (χ2v) is 6.45. The largest absolute Gasteiger partial charge is 0.340 e. The number of rotatable bonds is 6. The van der Waals surface area contributed by atoms with E-state index in [4.69, 9.17) is 0 Å². The van der Waals surface area contributed by atoms with E-state index in [1.807, 2.05) is 13.8 Å². The van der Waals surface area contributed by atoms with Crippen molar-refractivity contribution >= 4 is 29.1 Å². The smallest absolute Gasteiger partial charge is 0.251 e. The van der Waals surface area contributed by atoms with Gasteiger partial charge in [0.15, 0.2) is 0 Å². The summed E-state index contributed by atoms with van der Waals surface area (Å²) >= 11 is 0. The maximum atomic E-state index is 13.0. The highest BCUT2D eigenvalue weighted by Gasteiger charge is 2.25. The molecule has 2 rings (SSSR count). The third-order valence-corrected chi connectivity index (χ3v) is 3.79. The first-order valence-electron chi connectivity index (χ1n) is 8.51. The Morgan fingerprint density at radius 3 is 2.07 bits per heavy atom. The Morgan fingerprint density at radius 1 is 0.926 bits per heavy atom. The molecule has 0 saturated carbocycles. The van der Waals surface area contributed by atoms with Crippen molar-refractivity contribution in [1.29, 1.82) is 0 Å². The van der Waals surface area contributed by atoms with Gasteiger partial charge in [-0.1, -0.05) is 19.9 Å². The maximum Gasteiger partial charge on any atom is 0.251 e. The number of carbonyl (C=O) groups excluding carboxylic acids is 3. The molecule has 1 atom stereocenters. The predicted molar refractivity (Wildman–Crippen MR) is 102 cm³/mol. The Kier molecular flexibility index (Phi) is 6.65. The van der Waals surface area contributed by atoms with Crippen LogP contribution in [0.3, 0.4) is 0 Å². The lowest BCUT2D eigenvalue weighted by Crippen LogP contribution is -2.47. The summed E-state index contributed by atoms with van der Waals surface area (Å²) in [5.41, 5.74) is 1.31. The molecule has 6 nitrogen and oxygen atoms in total. The third-order valence-electron chi connectivity index (χ3n) is 3.79. The molecule has 0 aliphatic heterocycles. The minimum absolute atomic E-state index is 0.173. The van der Waals surface area contributed by atoms with Crippen molar-refractivity contribution in [3.63, 3.8) is 0 Å². The van der Waals surface area contributed by atoms with Crippen LogP contribution >= 0.6 is 0 Å². The number of carbonyl (C=O) groups is 3. The summed E-state index contributed by atoms with van der Waals surface area (Å²) in [7, 11) is 0. The molecule has 2 aromatic carbocycles. The first-order chi connectivity index (χ1) is 12.8. The number of benzene rings is 2. The highest BCUT2D eigenvalue weighted by atomic mass is 19.1. The third kappa shape index (κ3) is 5.91. The molecule has 7 heteroatoms. The Hall–Kier alpha value is -3.22. The predicted octanol–water partition coefficient (Wildman–Crippen LogP) is 3.18. The van der Waals surface area contributed by atoms with Gasteiger partial charge in [0.1, 0.15) is 11.9 Å². The van der Waals surface area contributed by atoms with Crippen molar-refractivity contribution in [2.24, 2.45) is 5.92 Å². The molecule has 0 spiro atoms. The summed E-state index contributed by atoms with van der Waals surface area (Å²) in [4.78, 5) is 36.1. The van der Waals surface area contributed by atoms with Crippen molar-refractivity contribution in [3.05, 3.63) is 59.9 Å². The van der Waals surface area contributed by atoms with E-state index in [0.717, 1.165) is 0 Å². The molecule has 0 saturated heterocycles. The van der Waals surface area contributed by atoms with E-state index >= 15 is 0 Å². The average Bonchev–Trinajstić information content (AvgIpc) is 2.59. The lowest BCUT2D eigenvalue weighted by Gasteiger charge is -2.22. The molecule has 1 unspecified atom stereocenters. The van der Waals surface area contributed by atoms with E-state index in [9.17, 15) is 18.8 Å². The van der Waals surface area contributed by atoms with Gasteiger partial charge in [0, 0.05) is 23.9 Å². The van der Waals surface area contributed by atoms with Crippen molar-refractivity contribution in [1.82, 2.24) is 5.32 Å². The highest BCUT2D eigenvalue weighted by Crippen LogP contribution is 2.16. The molecule has 3 amide bonds. The molecule has 0 fully saturated rings. The Balaban J connectivity index is 2.09. The zero-order valence-corrected chi connectivity index (χ0v) is 15.4. The topological polar surface area (TPSA) is 87.3 Å². The Morgan fingerprint density at radius 2 is 1.52 bits per heavy atom. The normalized spacial score (nSPS) is 11.6. The van der Waals surface area contributed by atoms with E-state index in [2.05, 4.69) is 16.0 Å². The number of hydrogen-bond acceptors (Lipinski definition) is 3. The Bertz CT molecular complexity index is 835. The second-order valence-electron chi connectivity index (χ2n) is 6.45. The van der Waals surface area contributed by atoms with E-state index in [1.165, 1.54) is 31.2 Å². The number of hydrogen-bond donors (Lipinski definition) is 3. The lowest BCUT2D eigenvalue weighted by molar-refractivity contribution is -0.119. The Labute approximate surface area is 157 Å². The van der Waals surface area contributed by atoms with Crippen molar-refractivity contribution in [3.8, 4) is 0 Å². The van der Waals surface area contributed by atoms with Crippen LogP contribution in [0.15, 0.2) is 48.5 Å². The summed E-state index contributed by atoms with van der Waals surface area (Å²) in [6, 6.07) is 11.0. The summed E-state index contributed by atoms with van der Waals surface area (Å²) in [5.74, 6) is -1.68. The van der Waals surface area contributed by atoms with Crippen LogP contribution < -0.4 is 16.0 Å². The fraction of sp³-hybridized carbons (Fsp3) is 0.250. The number of nitrogens with one attached hydrogen (secondary N) is 3. The SMILES string of the molecule is CC(=O)Nc1cccc(NC(=O)C(NC(=O)c2ccc(F)cc2)C(C)C)c1. The average molecular weight is 371 g/mol. The summed E-state index contributed by atoms with van der Waals surface area (Å²) in [6.07, 6.45) is 0. The van der Waals surface area contributed by atoms with Gasteiger partial charge < -0.3 is 16.0 Å². The molecule has 27 heavy (non-hydrogen) atoms. The standard InChI is InChI=1S/C20H22FN3O3/c1-12(2)18(24-19(26)14-7-9-15(21)10-8-14)20(27)23-17-6-4-5-16(11-17)22-13(3)25/h4-12,18H,1-3H3,(H,22,25)(H,23,27)(H,24,26). The van der Waals surface area contributed by atoms with Gasteiger partial charge in [-0.15, -0.1) is 0 Å². The van der Waals surface area contributed by atoms with Crippen LogP contribution in [0, 0.1) is 11.7 Å². The van der Waals surface area contributed by atoms with Gasteiger partial charge in [-0.05, 0) is 48.4 Å². The van der Waals surface area contributed by atoms with Crippen LogP contribution in [-0.2, 0) is 9.59 Å². The molecule has 0 heterocycles. The van der Waals surface area contributed by atoms with Crippen molar-refractivity contribution in [2.75, 3.05) is 10.6 Å². The molecule has 0 aliphatic rings. The molecule has 0 radical (unpaired) electrons. The molecule has 0 aliphatic carbocycles. The molecule has 142 valence electrons. The second kappa shape index (κ2) is 8.93. The zero-order valence-electron chi connectivity index (χ0n) is 15.4. The van der Waals surface area contributed by atoms with Crippen LogP contribution in [0.25, 0.3) is 0 Å². The molecule has 3 N–H and O–H groups in total. The molecule has 0 aromatic heterocycles. The van der Waals surface area contributed by atoms with Gasteiger partial charge in [0.2, 0.25) is 11.8 Å². The minimum atomic E-state index is -0.785. The monoisotopic (exact) mass is 371 g/mol. The van der Waals surface area contributed by atoms with Crippen LogP contribution in [0.2, 0.25) is 0 Å². The van der Waals surface area contributed by atoms with E-state index in [-0.39, 0.29) is 23.3 Å². The van der Waals surface area contributed by atoms with Gasteiger partial charge >= 0.3 is 0 Å². The van der Waals surface area contributed by atoms with Crippen LogP contribution in [0.4, 0.5) is 15.8 Å². The number of halogens is 1. The molecule has 0 bridgehead atoms. The van der Waals surface area contributed by atoms with E-state index < -0.39 is 17.8 Å². The van der Waals surface area contributed by atoms with Crippen LogP contribution in [0.5, 0.6) is 0 Å². The van der Waals surface area contributed by atoms with Crippen LogP contribution in [0.1, 0.15) is 31.1 Å². The van der Waals surface area contributed by atoms with E-state index in [0.29, 0.717) is 11.4 Å². The van der Waals surface area contributed by atoms with E-state index in [1.54, 1.807) is 24.3 Å². The van der Waals surface area contributed by atoms with Gasteiger partial charge in [-0.2, -0.15) is 0 Å². The van der Waals surface area contributed by atoms with Crippen molar-refractivity contribution in [2.45, 2.75) is 26.8 Å². The maximum absolute atomic E-state index is 13.0. The first kappa shape index (κ1) is 20.1. The molecular weight excluding hydrogens is 349 g/mol. The van der Waals surface area contributed by atoms with Gasteiger partial charge in [0.05, 0.1) is 0 Å². The fourth-order valence-corrected chi connectivity index (χ4v) is 2.46. The van der Waals surface area contributed by atoms with Crippen molar-refractivity contribution < 1.29 is 18.8 Å². The van der Waals surface area contributed by atoms with Gasteiger partial charge in [0.25, 0.3) is 5.91 Å². The summed E-state index contributed by atoms with van der Waals surface area (Å²) in [6.45, 7) is 5.01. The quantitative estimate of drug-likeness (QED) is 0.729. The zero-order chi connectivity index (χ0) is 20.0. The fourth-order valence-electron chi connectivity index (χ4n) is 2.46. The minimum Gasteiger partial charge on any atom is -0.340 e. The number of amides is 3. The highest BCUT2D eigenvalue weighted by molar-refractivity contribution is 6.01. The van der Waals surface area contributed by atoms with Gasteiger partial charge in [-0.3, -0.25) is 14.4 Å². The van der Waals surface area contributed by atoms with Gasteiger partial charge in [-0.25, -0.2) is 4.39 Å². The van der Waals surface area contributed by atoms with Crippen LogP contribution in [-0.4, -0.2) is 23.8 Å². The first-order valence-corrected chi connectivity index (χ1v) is 8.51. The lowest BCUT2D eigenvalue weighted by atomic mass is 10.0. The molecular formula is C20H22FN3O3. The number of anilines is 2. The summed E-state index contributed by atoms with van der Waals surface area (Å²) in [5, 5.41) is 8.05. The summed E-state index contributed by atoms with van der Waals surface area (Å²) < 4.78 is 13.0.